The Morgan fingerprint density at radius 2 is 1.63 bits per heavy atom. The van der Waals surface area contributed by atoms with Gasteiger partial charge in [0, 0.05) is 11.3 Å². The summed E-state index contributed by atoms with van der Waals surface area (Å²) in [6.07, 6.45) is 0. The average molecular weight is 280 g/mol. The van der Waals surface area contributed by atoms with Crippen LogP contribution in [-0.2, 0) is 0 Å². The SMILES string of the molecule is COc1ccc(C(=O)Cl)cc1.Nc1ccc(O)cc1. The molecular weight excluding hydrogens is 266 g/mol. The predicted octanol–water partition coefficient (Wildman–Crippen LogP) is 3.05. The van der Waals surface area contributed by atoms with Crippen molar-refractivity contribution in [2.45, 2.75) is 0 Å². The number of benzene rings is 2. The van der Waals surface area contributed by atoms with E-state index >= 15 is 0 Å². The first-order valence-corrected chi connectivity index (χ1v) is 5.79. The lowest BCUT2D eigenvalue weighted by molar-refractivity contribution is 0.108. The molecule has 0 heterocycles. The lowest BCUT2D eigenvalue weighted by atomic mass is 10.2. The molecule has 0 radical (unpaired) electrons. The van der Waals surface area contributed by atoms with Gasteiger partial charge in [0.1, 0.15) is 11.5 Å². The van der Waals surface area contributed by atoms with E-state index in [-0.39, 0.29) is 5.75 Å². The standard InChI is InChI=1S/C8H7ClO2.C6H7NO/c1-11-7-4-2-6(3-5-7)8(9)10;7-5-1-3-6(8)4-2-5/h2-5H,1H3;1-4,8H,7H2. The highest BCUT2D eigenvalue weighted by atomic mass is 35.5. The van der Waals surface area contributed by atoms with Crippen molar-refractivity contribution in [3.8, 4) is 11.5 Å². The molecule has 2 aromatic rings. The van der Waals surface area contributed by atoms with Gasteiger partial charge in [0.2, 0.25) is 0 Å². The van der Waals surface area contributed by atoms with Gasteiger partial charge in [0.25, 0.3) is 5.24 Å². The molecule has 0 amide bonds. The second-order valence-corrected chi connectivity index (χ2v) is 3.94. The molecule has 0 spiro atoms. The van der Waals surface area contributed by atoms with E-state index in [1.807, 2.05) is 0 Å². The number of hydrogen-bond donors (Lipinski definition) is 2. The van der Waals surface area contributed by atoms with Gasteiger partial charge in [0.15, 0.2) is 0 Å². The number of phenolic OH excluding ortho intramolecular Hbond substituents is 1. The Morgan fingerprint density at radius 3 is 2.00 bits per heavy atom. The Morgan fingerprint density at radius 1 is 1.11 bits per heavy atom. The van der Waals surface area contributed by atoms with E-state index in [2.05, 4.69) is 0 Å². The third kappa shape index (κ3) is 5.31. The molecule has 0 unspecified atom stereocenters. The Kier molecular flexibility index (Phi) is 5.70. The average Bonchev–Trinajstić information content (AvgIpc) is 2.43. The second-order valence-electron chi connectivity index (χ2n) is 3.59. The monoisotopic (exact) mass is 279 g/mol. The number of methoxy groups -OCH3 is 1. The molecule has 19 heavy (non-hydrogen) atoms. The fourth-order valence-electron chi connectivity index (χ4n) is 1.20. The third-order valence-corrected chi connectivity index (χ3v) is 2.43. The van der Waals surface area contributed by atoms with Gasteiger partial charge in [-0.3, -0.25) is 4.79 Å². The molecule has 0 aliphatic rings. The number of ether oxygens (including phenoxy) is 1. The van der Waals surface area contributed by atoms with Crippen LogP contribution in [0.15, 0.2) is 48.5 Å². The summed E-state index contributed by atoms with van der Waals surface area (Å²) < 4.78 is 4.89. The van der Waals surface area contributed by atoms with Crippen LogP contribution >= 0.6 is 11.6 Å². The third-order valence-electron chi connectivity index (χ3n) is 2.21. The van der Waals surface area contributed by atoms with Crippen molar-refractivity contribution in [2.24, 2.45) is 0 Å². The molecule has 0 saturated heterocycles. The van der Waals surface area contributed by atoms with Crippen molar-refractivity contribution in [1.82, 2.24) is 0 Å². The summed E-state index contributed by atoms with van der Waals surface area (Å²) in [5, 5.41) is 8.25. The number of carbonyl (C=O) groups excluding carboxylic acids is 1. The van der Waals surface area contributed by atoms with Crippen molar-refractivity contribution in [3.05, 3.63) is 54.1 Å². The molecule has 0 fully saturated rings. The highest BCUT2D eigenvalue weighted by Crippen LogP contribution is 2.12. The number of halogens is 1. The van der Waals surface area contributed by atoms with Crippen LogP contribution in [0.5, 0.6) is 11.5 Å². The number of hydrogen-bond acceptors (Lipinski definition) is 4. The maximum absolute atomic E-state index is 10.6. The van der Waals surface area contributed by atoms with E-state index in [0.717, 1.165) is 0 Å². The molecule has 0 saturated carbocycles. The first-order chi connectivity index (χ1) is 9.02. The fourth-order valence-corrected chi connectivity index (χ4v) is 1.32. The molecule has 0 aliphatic carbocycles. The lowest BCUT2D eigenvalue weighted by Crippen LogP contribution is -1.88. The molecule has 5 heteroatoms. The first kappa shape index (κ1) is 14.9. The molecule has 0 aliphatic heterocycles. The Hall–Kier alpha value is -2.20. The molecule has 100 valence electrons. The lowest BCUT2D eigenvalue weighted by Gasteiger charge is -1.98. The summed E-state index contributed by atoms with van der Waals surface area (Å²) in [6.45, 7) is 0. The van der Waals surface area contributed by atoms with Crippen molar-refractivity contribution in [2.75, 3.05) is 12.8 Å². The maximum Gasteiger partial charge on any atom is 0.252 e. The quantitative estimate of drug-likeness (QED) is 0.503. The zero-order valence-electron chi connectivity index (χ0n) is 10.3. The maximum atomic E-state index is 10.6. The number of nitrogens with two attached hydrogens (primary N) is 1. The Labute approximate surface area is 116 Å². The minimum absolute atomic E-state index is 0.249. The topological polar surface area (TPSA) is 72.5 Å². The van der Waals surface area contributed by atoms with Crippen LogP contribution in [0.25, 0.3) is 0 Å². The van der Waals surface area contributed by atoms with Crippen LogP contribution in [0.1, 0.15) is 10.4 Å². The van der Waals surface area contributed by atoms with Crippen molar-refractivity contribution < 1.29 is 14.6 Å². The van der Waals surface area contributed by atoms with Crippen molar-refractivity contribution >= 4 is 22.5 Å². The number of aromatic hydroxyl groups is 1. The van der Waals surface area contributed by atoms with Crippen LogP contribution in [0.3, 0.4) is 0 Å². The van der Waals surface area contributed by atoms with E-state index in [4.69, 9.17) is 27.2 Å². The van der Waals surface area contributed by atoms with E-state index in [9.17, 15) is 4.79 Å². The summed E-state index contributed by atoms with van der Waals surface area (Å²) in [4.78, 5) is 10.6. The van der Waals surface area contributed by atoms with Gasteiger partial charge in [-0.25, -0.2) is 0 Å². The van der Waals surface area contributed by atoms with Gasteiger partial charge in [0.05, 0.1) is 7.11 Å². The van der Waals surface area contributed by atoms with Gasteiger partial charge in [-0.1, -0.05) is 0 Å². The van der Waals surface area contributed by atoms with Crippen LogP contribution < -0.4 is 10.5 Å². The van der Waals surface area contributed by atoms with E-state index < -0.39 is 5.24 Å². The molecule has 0 bridgehead atoms. The smallest absolute Gasteiger partial charge is 0.252 e. The molecule has 2 rings (SSSR count). The van der Waals surface area contributed by atoms with Gasteiger partial charge in [-0.15, -0.1) is 0 Å². The number of phenols is 1. The molecular formula is C14H14ClNO3. The number of rotatable bonds is 2. The normalized spacial score (nSPS) is 9.16. The summed E-state index contributed by atoms with van der Waals surface area (Å²) in [7, 11) is 1.57. The molecule has 4 nitrogen and oxygen atoms in total. The van der Waals surface area contributed by atoms with Gasteiger partial charge in [-0.2, -0.15) is 0 Å². The van der Waals surface area contributed by atoms with E-state index in [1.54, 1.807) is 55.6 Å². The fraction of sp³-hybridized carbons (Fsp3) is 0.0714. The summed E-state index contributed by atoms with van der Waals surface area (Å²) in [5.41, 5.74) is 6.46. The van der Waals surface area contributed by atoms with Crippen molar-refractivity contribution in [3.63, 3.8) is 0 Å². The number of nitrogen functional groups attached to an aromatic ring is 1. The molecule has 0 aromatic heterocycles. The predicted molar refractivity (Wildman–Crippen MR) is 75.7 cm³/mol. The number of anilines is 1. The molecule has 3 N–H and O–H groups in total. The van der Waals surface area contributed by atoms with E-state index in [1.165, 1.54) is 0 Å². The first-order valence-electron chi connectivity index (χ1n) is 5.41. The van der Waals surface area contributed by atoms with Crippen molar-refractivity contribution in [1.29, 1.82) is 0 Å². The van der Waals surface area contributed by atoms with Crippen LogP contribution in [-0.4, -0.2) is 17.5 Å². The zero-order chi connectivity index (χ0) is 14.3. The van der Waals surface area contributed by atoms with Crippen LogP contribution in [0.4, 0.5) is 5.69 Å². The van der Waals surface area contributed by atoms with E-state index in [0.29, 0.717) is 17.0 Å². The van der Waals surface area contributed by atoms with Gasteiger partial charge < -0.3 is 15.6 Å². The van der Waals surface area contributed by atoms with Gasteiger partial charge >= 0.3 is 0 Å². The summed E-state index contributed by atoms with van der Waals surface area (Å²) >= 11 is 5.22. The largest absolute Gasteiger partial charge is 0.508 e. The minimum atomic E-state index is -0.451. The highest BCUT2D eigenvalue weighted by molar-refractivity contribution is 6.67. The summed E-state index contributed by atoms with van der Waals surface area (Å²) in [6, 6.07) is 13.0. The Balaban J connectivity index is 0.000000200. The van der Waals surface area contributed by atoms with Crippen LogP contribution in [0, 0.1) is 0 Å². The molecule has 2 aromatic carbocycles. The second kappa shape index (κ2) is 7.28. The number of carbonyl (C=O) groups is 1. The van der Waals surface area contributed by atoms with Crippen LogP contribution in [0.2, 0.25) is 0 Å². The Bertz CT molecular complexity index is 502. The molecule has 0 atom stereocenters. The highest BCUT2D eigenvalue weighted by Gasteiger charge is 1.99. The summed E-state index contributed by atoms with van der Waals surface area (Å²) in [5.74, 6) is 0.964. The zero-order valence-corrected chi connectivity index (χ0v) is 11.1. The minimum Gasteiger partial charge on any atom is -0.508 e. The van der Waals surface area contributed by atoms with Gasteiger partial charge in [-0.05, 0) is 60.1 Å².